The summed E-state index contributed by atoms with van der Waals surface area (Å²) in [7, 11) is 0. The van der Waals surface area contributed by atoms with Crippen molar-refractivity contribution in [1.82, 2.24) is 4.98 Å². The zero-order valence-electron chi connectivity index (χ0n) is 14.2. The number of pyridine rings is 1. The van der Waals surface area contributed by atoms with Crippen LogP contribution in [0.1, 0.15) is 21.6 Å². The maximum absolute atomic E-state index is 12.3. The largest absolute Gasteiger partial charge is 0.383 e. The number of aromatic nitrogens is 1. The van der Waals surface area contributed by atoms with E-state index >= 15 is 0 Å². The summed E-state index contributed by atoms with van der Waals surface area (Å²) in [5.41, 5.74) is 4.42. The number of hydrogen-bond donors (Lipinski definition) is 2. The van der Waals surface area contributed by atoms with E-state index in [1.165, 1.54) is 5.56 Å². The van der Waals surface area contributed by atoms with Crippen molar-refractivity contribution in [2.75, 3.05) is 17.2 Å². The second-order valence-corrected chi connectivity index (χ2v) is 5.86. The van der Waals surface area contributed by atoms with Gasteiger partial charge < -0.3 is 10.6 Å². The number of para-hydroxylation sites is 1. The number of anilines is 2. The molecule has 1 heterocycles. The summed E-state index contributed by atoms with van der Waals surface area (Å²) in [6.45, 7) is 2.78. The predicted molar refractivity (Wildman–Crippen MR) is 102 cm³/mol. The molecule has 3 rings (SSSR count). The first-order chi connectivity index (χ1) is 12.2. The van der Waals surface area contributed by atoms with Crippen molar-refractivity contribution in [3.8, 4) is 0 Å². The molecular formula is C21H21N3O. The molecule has 0 aliphatic carbocycles. The molecule has 0 spiro atoms. The second kappa shape index (κ2) is 8.11. The Hall–Kier alpha value is -3.14. The van der Waals surface area contributed by atoms with Gasteiger partial charge in [0.15, 0.2) is 0 Å². The van der Waals surface area contributed by atoms with Gasteiger partial charge in [0.05, 0.1) is 11.9 Å². The molecule has 3 aromatic rings. The molecule has 0 bridgehead atoms. The number of aryl methyl sites for hydroxylation is 1. The average molecular weight is 331 g/mol. The fraction of sp³-hybridized carbons (Fsp3) is 0.143. The van der Waals surface area contributed by atoms with Crippen LogP contribution in [0.4, 0.5) is 11.4 Å². The van der Waals surface area contributed by atoms with Crippen molar-refractivity contribution in [2.45, 2.75) is 13.3 Å². The highest BCUT2D eigenvalue weighted by molar-refractivity contribution is 6.03. The normalized spacial score (nSPS) is 10.3. The summed E-state index contributed by atoms with van der Waals surface area (Å²) in [4.78, 5) is 16.5. The van der Waals surface area contributed by atoms with E-state index in [0.717, 1.165) is 29.9 Å². The number of benzene rings is 2. The zero-order chi connectivity index (χ0) is 17.5. The van der Waals surface area contributed by atoms with Gasteiger partial charge in [0.25, 0.3) is 5.91 Å². The van der Waals surface area contributed by atoms with Gasteiger partial charge in [-0.15, -0.1) is 0 Å². The van der Waals surface area contributed by atoms with Gasteiger partial charge in [-0.1, -0.05) is 48.5 Å². The van der Waals surface area contributed by atoms with E-state index < -0.39 is 0 Å². The van der Waals surface area contributed by atoms with Crippen LogP contribution in [0.5, 0.6) is 0 Å². The summed E-state index contributed by atoms with van der Waals surface area (Å²) in [5, 5.41) is 6.21. The smallest absolute Gasteiger partial charge is 0.274 e. The molecule has 0 aliphatic rings. The first kappa shape index (κ1) is 16.7. The van der Waals surface area contributed by atoms with Crippen LogP contribution in [0, 0.1) is 6.92 Å². The summed E-state index contributed by atoms with van der Waals surface area (Å²) in [6, 6.07) is 21.6. The van der Waals surface area contributed by atoms with Crippen LogP contribution in [0.15, 0.2) is 72.9 Å². The molecule has 2 N–H and O–H groups in total. The summed E-state index contributed by atoms with van der Waals surface area (Å²) in [6.07, 6.45) is 2.63. The number of nitrogens with zero attached hydrogens (tertiary/aromatic N) is 1. The lowest BCUT2D eigenvalue weighted by atomic mass is 10.1. The van der Waals surface area contributed by atoms with Gasteiger partial charge >= 0.3 is 0 Å². The van der Waals surface area contributed by atoms with Crippen molar-refractivity contribution in [3.05, 3.63) is 89.7 Å². The Balaban J connectivity index is 1.54. The second-order valence-electron chi connectivity index (χ2n) is 5.86. The number of nitrogens with one attached hydrogen (secondary N) is 2. The van der Waals surface area contributed by atoms with Crippen LogP contribution in [-0.4, -0.2) is 17.4 Å². The third-order valence-electron chi connectivity index (χ3n) is 3.98. The fourth-order valence-corrected chi connectivity index (χ4v) is 2.53. The molecule has 4 nitrogen and oxygen atoms in total. The molecule has 0 fully saturated rings. The molecule has 0 saturated heterocycles. The van der Waals surface area contributed by atoms with Gasteiger partial charge in [-0.3, -0.25) is 4.79 Å². The topological polar surface area (TPSA) is 54.0 Å². The van der Waals surface area contributed by atoms with E-state index in [1.807, 2.05) is 55.5 Å². The van der Waals surface area contributed by atoms with E-state index in [1.54, 1.807) is 12.3 Å². The van der Waals surface area contributed by atoms with E-state index in [9.17, 15) is 4.79 Å². The van der Waals surface area contributed by atoms with Crippen molar-refractivity contribution < 1.29 is 4.79 Å². The molecule has 0 aliphatic heterocycles. The molecule has 25 heavy (non-hydrogen) atoms. The Morgan fingerprint density at radius 1 is 0.960 bits per heavy atom. The van der Waals surface area contributed by atoms with Crippen LogP contribution in [-0.2, 0) is 6.42 Å². The molecule has 126 valence electrons. The molecule has 0 atom stereocenters. The molecule has 1 amide bonds. The highest BCUT2D eigenvalue weighted by atomic mass is 16.1. The molecule has 0 unspecified atom stereocenters. The first-order valence-corrected chi connectivity index (χ1v) is 8.33. The number of rotatable bonds is 6. The highest BCUT2D eigenvalue weighted by Crippen LogP contribution is 2.15. The van der Waals surface area contributed by atoms with Crippen molar-refractivity contribution in [2.24, 2.45) is 0 Å². The maximum atomic E-state index is 12.3. The third-order valence-corrected chi connectivity index (χ3v) is 3.98. The maximum Gasteiger partial charge on any atom is 0.274 e. The minimum Gasteiger partial charge on any atom is -0.383 e. The lowest BCUT2D eigenvalue weighted by Crippen LogP contribution is -2.14. The number of carbonyl (C=O) groups is 1. The monoisotopic (exact) mass is 331 g/mol. The quantitative estimate of drug-likeness (QED) is 0.708. The van der Waals surface area contributed by atoms with E-state index in [0.29, 0.717) is 5.69 Å². The number of carbonyl (C=O) groups excluding carboxylic acids is 1. The lowest BCUT2D eigenvalue weighted by Gasteiger charge is -2.09. The fourth-order valence-electron chi connectivity index (χ4n) is 2.53. The number of hydrogen-bond acceptors (Lipinski definition) is 3. The summed E-state index contributed by atoms with van der Waals surface area (Å²) in [5.74, 6) is -0.204. The Kier molecular flexibility index (Phi) is 5.42. The van der Waals surface area contributed by atoms with Crippen LogP contribution >= 0.6 is 0 Å². The minimum absolute atomic E-state index is 0.204. The Labute approximate surface area is 147 Å². The van der Waals surface area contributed by atoms with Crippen LogP contribution in [0.25, 0.3) is 0 Å². The van der Waals surface area contributed by atoms with Gasteiger partial charge in [-0.2, -0.15) is 0 Å². The zero-order valence-corrected chi connectivity index (χ0v) is 14.2. The van der Waals surface area contributed by atoms with Crippen molar-refractivity contribution in [3.63, 3.8) is 0 Å². The first-order valence-electron chi connectivity index (χ1n) is 8.33. The molecule has 1 aromatic heterocycles. The average Bonchev–Trinajstić information content (AvgIpc) is 2.65. The van der Waals surface area contributed by atoms with Crippen molar-refractivity contribution in [1.29, 1.82) is 0 Å². The molecule has 0 saturated carbocycles. The van der Waals surface area contributed by atoms with Gasteiger partial charge in [-0.25, -0.2) is 4.98 Å². The number of amides is 1. The van der Waals surface area contributed by atoms with Gasteiger partial charge in [0, 0.05) is 12.2 Å². The highest BCUT2D eigenvalue weighted by Gasteiger charge is 2.08. The summed E-state index contributed by atoms with van der Waals surface area (Å²) < 4.78 is 0. The van der Waals surface area contributed by atoms with E-state index in [-0.39, 0.29) is 5.91 Å². The Morgan fingerprint density at radius 2 is 1.72 bits per heavy atom. The van der Waals surface area contributed by atoms with E-state index in [2.05, 4.69) is 27.8 Å². The van der Waals surface area contributed by atoms with Crippen LogP contribution in [0.3, 0.4) is 0 Å². The van der Waals surface area contributed by atoms with E-state index in [4.69, 9.17) is 0 Å². The Bertz CT molecular complexity index is 829. The van der Waals surface area contributed by atoms with Gasteiger partial charge in [0.1, 0.15) is 5.69 Å². The van der Waals surface area contributed by atoms with Crippen LogP contribution in [0.2, 0.25) is 0 Å². The summed E-state index contributed by atoms with van der Waals surface area (Å²) >= 11 is 0. The van der Waals surface area contributed by atoms with Gasteiger partial charge in [0.2, 0.25) is 0 Å². The SMILES string of the molecule is Cc1ccccc1NC(=O)c1ccc(NCCc2ccccc2)cn1. The lowest BCUT2D eigenvalue weighted by molar-refractivity contribution is 0.102. The minimum atomic E-state index is -0.204. The van der Waals surface area contributed by atoms with Gasteiger partial charge in [-0.05, 0) is 42.7 Å². The van der Waals surface area contributed by atoms with Crippen molar-refractivity contribution >= 4 is 17.3 Å². The molecule has 0 radical (unpaired) electrons. The standard InChI is InChI=1S/C21H21N3O/c1-16-7-5-6-10-19(16)24-21(25)20-12-11-18(15-23-20)22-14-13-17-8-3-2-4-9-17/h2-12,15,22H,13-14H2,1H3,(H,24,25). The molecule has 2 aromatic carbocycles. The Morgan fingerprint density at radius 3 is 2.44 bits per heavy atom. The predicted octanol–water partition coefficient (Wildman–Crippen LogP) is 4.30. The third kappa shape index (κ3) is 4.67. The molecule has 4 heteroatoms. The molecular weight excluding hydrogens is 310 g/mol. The van der Waals surface area contributed by atoms with Crippen LogP contribution < -0.4 is 10.6 Å².